The van der Waals surface area contributed by atoms with Gasteiger partial charge in [0.25, 0.3) is 0 Å². The second kappa shape index (κ2) is 6.88. The van der Waals surface area contributed by atoms with Crippen LogP contribution in [0.25, 0.3) is 0 Å². The standard InChI is InChI=1S/C12H18N2O3/c1-17-10-4-2-9(3-5-10)6-7-14-12(16)11(15)8-13/h2-5,11,15H,6-8,13H2,1H3,(H,14,16). The van der Waals surface area contributed by atoms with Gasteiger partial charge in [-0.15, -0.1) is 0 Å². The zero-order valence-electron chi connectivity index (χ0n) is 9.85. The lowest BCUT2D eigenvalue weighted by atomic mass is 10.1. The number of carbonyl (C=O) groups is 1. The summed E-state index contributed by atoms with van der Waals surface area (Å²) in [5.41, 5.74) is 6.25. The number of hydrogen-bond acceptors (Lipinski definition) is 4. The van der Waals surface area contributed by atoms with Gasteiger partial charge in [-0.1, -0.05) is 12.1 Å². The molecule has 4 N–H and O–H groups in total. The smallest absolute Gasteiger partial charge is 0.250 e. The number of carbonyl (C=O) groups excluding carboxylic acids is 1. The molecule has 0 heterocycles. The Labute approximate surface area is 101 Å². The second-order valence-electron chi connectivity index (χ2n) is 3.64. The lowest BCUT2D eigenvalue weighted by Gasteiger charge is -2.09. The molecule has 0 spiro atoms. The van der Waals surface area contributed by atoms with E-state index >= 15 is 0 Å². The summed E-state index contributed by atoms with van der Waals surface area (Å²) in [7, 11) is 1.61. The first-order valence-electron chi connectivity index (χ1n) is 5.46. The first kappa shape index (κ1) is 13.5. The number of methoxy groups -OCH3 is 1. The highest BCUT2D eigenvalue weighted by Crippen LogP contribution is 2.11. The summed E-state index contributed by atoms with van der Waals surface area (Å²) in [4.78, 5) is 11.2. The van der Waals surface area contributed by atoms with E-state index in [0.717, 1.165) is 11.3 Å². The average Bonchev–Trinajstić information content (AvgIpc) is 2.38. The molecule has 0 fully saturated rings. The highest BCUT2D eigenvalue weighted by Gasteiger charge is 2.11. The predicted octanol–water partition coefficient (Wildman–Crippen LogP) is -0.326. The number of amides is 1. The van der Waals surface area contributed by atoms with Crippen LogP contribution < -0.4 is 15.8 Å². The molecule has 94 valence electrons. The molecule has 0 aliphatic heterocycles. The topological polar surface area (TPSA) is 84.6 Å². The Morgan fingerprint density at radius 2 is 2.12 bits per heavy atom. The van der Waals surface area contributed by atoms with E-state index in [1.54, 1.807) is 7.11 Å². The van der Waals surface area contributed by atoms with Gasteiger partial charge < -0.3 is 20.9 Å². The molecule has 1 aromatic rings. The normalized spacial score (nSPS) is 11.9. The molecular weight excluding hydrogens is 220 g/mol. The number of rotatable bonds is 6. The van der Waals surface area contributed by atoms with E-state index in [9.17, 15) is 4.79 Å². The number of nitrogens with two attached hydrogens (primary N) is 1. The summed E-state index contributed by atoms with van der Waals surface area (Å²) in [6.07, 6.45) is -0.418. The van der Waals surface area contributed by atoms with Gasteiger partial charge in [0.15, 0.2) is 0 Å². The molecule has 0 aliphatic rings. The predicted molar refractivity (Wildman–Crippen MR) is 64.8 cm³/mol. The Morgan fingerprint density at radius 3 is 2.65 bits per heavy atom. The molecule has 0 bridgehead atoms. The van der Waals surface area contributed by atoms with E-state index in [1.165, 1.54) is 0 Å². The van der Waals surface area contributed by atoms with Gasteiger partial charge in [-0.25, -0.2) is 0 Å². The van der Waals surface area contributed by atoms with Crippen molar-refractivity contribution < 1.29 is 14.6 Å². The minimum absolute atomic E-state index is 0.0611. The molecule has 1 rings (SSSR count). The Bertz CT molecular complexity index is 351. The van der Waals surface area contributed by atoms with Crippen molar-refractivity contribution in [1.29, 1.82) is 0 Å². The summed E-state index contributed by atoms with van der Waals surface area (Å²) in [5, 5.41) is 11.7. The molecular formula is C12H18N2O3. The van der Waals surface area contributed by atoms with Crippen LogP contribution in [-0.4, -0.2) is 37.3 Å². The van der Waals surface area contributed by atoms with Crippen molar-refractivity contribution in [2.24, 2.45) is 5.73 Å². The number of nitrogens with one attached hydrogen (secondary N) is 1. The van der Waals surface area contributed by atoms with Crippen molar-refractivity contribution in [3.63, 3.8) is 0 Å². The molecule has 0 saturated heterocycles. The van der Waals surface area contributed by atoms with Crippen molar-refractivity contribution in [3.8, 4) is 5.75 Å². The van der Waals surface area contributed by atoms with E-state index < -0.39 is 12.0 Å². The first-order valence-corrected chi connectivity index (χ1v) is 5.46. The summed E-state index contributed by atoms with van der Waals surface area (Å²) in [6, 6.07) is 7.60. The minimum Gasteiger partial charge on any atom is -0.497 e. The Hall–Kier alpha value is -1.59. The van der Waals surface area contributed by atoms with Crippen molar-refractivity contribution >= 4 is 5.91 Å². The van der Waals surface area contributed by atoms with Crippen molar-refractivity contribution in [2.75, 3.05) is 20.2 Å². The average molecular weight is 238 g/mol. The zero-order valence-corrected chi connectivity index (χ0v) is 9.85. The highest BCUT2D eigenvalue weighted by atomic mass is 16.5. The number of aliphatic hydroxyl groups is 1. The van der Waals surface area contributed by atoms with Crippen LogP contribution in [-0.2, 0) is 11.2 Å². The van der Waals surface area contributed by atoms with Crippen LogP contribution in [0.4, 0.5) is 0 Å². The Balaban J connectivity index is 2.33. The molecule has 1 aromatic carbocycles. The largest absolute Gasteiger partial charge is 0.497 e. The summed E-state index contributed by atoms with van der Waals surface area (Å²) in [5.74, 6) is 0.373. The van der Waals surface area contributed by atoms with Crippen LogP contribution in [0.1, 0.15) is 5.56 Å². The van der Waals surface area contributed by atoms with Crippen LogP contribution in [0.2, 0.25) is 0 Å². The maximum absolute atomic E-state index is 11.2. The van der Waals surface area contributed by atoms with Gasteiger partial charge in [-0.2, -0.15) is 0 Å². The number of benzene rings is 1. The van der Waals surface area contributed by atoms with Crippen molar-refractivity contribution in [3.05, 3.63) is 29.8 Å². The van der Waals surface area contributed by atoms with Crippen LogP contribution in [0.3, 0.4) is 0 Å². The molecule has 0 aromatic heterocycles. The molecule has 0 saturated carbocycles. The first-order chi connectivity index (χ1) is 8.17. The molecule has 5 nitrogen and oxygen atoms in total. The van der Waals surface area contributed by atoms with E-state index in [1.807, 2.05) is 24.3 Å². The summed E-state index contributed by atoms with van der Waals surface area (Å²) >= 11 is 0. The van der Waals surface area contributed by atoms with Gasteiger partial charge in [0.2, 0.25) is 5.91 Å². The van der Waals surface area contributed by atoms with Gasteiger partial charge in [0.1, 0.15) is 11.9 Å². The summed E-state index contributed by atoms with van der Waals surface area (Å²) < 4.78 is 5.04. The van der Waals surface area contributed by atoms with E-state index in [-0.39, 0.29) is 6.54 Å². The Kier molecular flexibility index (Phi) is 5.45. The van der Waals surface area contributed by atoms with Gasteiger partial charge >= 0.3 is 0 Å². The van der Waals surface area contributed by atoms with Crippen LogP contribution in [0.15, 0.2) is 24.3 Å². The fraction of sp³-hybridized carbons (Fsp3) is 0.417. The minimum atomic E-state index is -1.12. The zero-order chi connectivity index (χ0) is 12.7. The highest BCUT2D eigenvalue weighted by molar-refractivity contribution is 5.80. The third-order valence-corrected chi connectivity index (χ3v) is 2.40. The lowest BCUT2D eigenvalue weighted by Crippen LogP contribution is -2.39. The van der Waals surface area contributed by atoms with E-state index in [4.69, 9.17) is 15.6 Å². The number of hydrogen-bond donors (Lipinski definition) is 3. The van der Waals surface area contributed by atoms with Crippen LogP contribution in [0.5, 0.6) is 5.75 Å². The number of aliphatic hydroxyl groups excluding tert-OH is 1. The van der Waals surface area contributed by atoms with Gasteiger partial charge in [-0.3, -0.25) is 4.79 Å². The summed E-state index contributed by atoms with van der Waals surface area (Å²) in [6.45, 7) is 0.413. The monoisotopic (exact) mass is 238 g/mol. The Morgan fingerprint density at radius 1 is 1.47 bits per heavy atom. The van der Waals surface area contributed by atoms with Crippen molar-refractivity contribution in [2.45, 2.75) is 12.5 Å². The van der Waals surface area contributed by atoms with Crippen molar-refractivity contribution in [1.82, 2.24) is 5.32 Å². The second-order valence-corrected chi connectivity index (χ2v) is 3.64. The maximum atomic E-state index is 11.2. The number of ether oxygens (including phenoxy) is 1. The molecule has 0 radical (unpaired) electrons. The molecule has 17 heavy (non-hydrogen) atoms. The van der Waals surface area contributed by atoms with Gasteiger partial charge in [0, 0.05) is 13.1 Å². The fourth-order valence-corrected chi connectivity index (χ4v) is 1.35. The third-order valence-electron chi connectivity index (χ3n) is 2.40. The van der Waals surface area contributed by atoms with E-state index in [0.29, 0.717) is 13.0 Å². The molecule has 1 amide bonds. The maximum Gasteiger partial charge on any atom is 0.250 e. The lowest BCUT2D eigenvalue weighted by molar-refractivity contribution is -0.128. The van der Waals surface area contributed by atoms with E-state index in [2.05, 4.69) is 5.32 Å². The van der Waals surface area contributed by atoms with Gasteiger partial charge in [0.05, 0.1) is 7.11 Å². The van der Waals surface area contributed by atoms with Gasteiger partial charge in [-0.05, 0) is 24.1 Å². The molecule has 1 unspecified atom stereocenters. The molecule has 0 aliphatic carbocycles. The van der Waals surface area contributed by atoms with Crippen LogP contribution in [0, 0.1) is 0 Å². The SMILES string of the molecule is COc1ccc(CCNC(=O)C(O)CN)cc1. The molecule has 5 heteroatoms. The third kappa shape index (κ3) is 4.42. The quantitative estimate of drug-likeness (QED) is 0.634. The molecule has 1 atom stereocenters. The van der Waals surface area contributed by atoms with Crippen LogP contribution >= 0.6 is 0 Å². The fourth-order valence-electron chi connectivity index (χ4n) is 1.35.